The van der Waals surface area contributed by atoms with Gasteiger partial charge in [0.05, 0.1) is 0 Å². The van der Waals surface area contributed by atoms with Gasteiger partial charge in [0.15, 0.2) is 0 Å². The number of benzene rings is 5. The van der Waals surface area contributed by atoms with Gasteiger partial charge in [-0.05, 0) is 78.9 Å². The molecule has 0 aliphatic heterocycles. The van der Waals surface area contributed by atoms with Crippen molar-refractivity contribution in [3.8, 4) is 59.2 Å². The molecule has 0 nitrogen and oxygen atoms in total. The molecule has 180 valence electrons. The Labute approximate surface area is 235 Å². The van der Waals surface area contributed by atoms with Gasteiger partial charge in [-0.3, -0.25) is 0 Å². The van der Waals surface area contributed by atoms with E-state index in [-0.39, 0.29) is 0 Å². The lowest BCUT2D eigenvalue weighted by atomic mass is 10.0. The quantitative estimate of drug-likeness (QED) is 0.197. The molecule has 0 unspecified atom stereocenters. The van der Waals surface area contributed by atoms with Gasteiger partial charge in [0.2, 0.25) is 0 Å². The maximum absolute atomic E-state index is 3.33. The van der Waals surface area contributed by atoms with E-state index in [1.807, 2.05) is 121 Å². The summed E-state index contributed by atoms with van der Waals surface area (Å²) in [7, 11) is 0. The van der Waals surface area contributed by atoms with E-state index >= 15 is 0 Å². The van der Waals surface area contributed by atoms with Crippen LogP contribution < -0.4 is 0 Å². The average molecular weight is 501 g/mol. The van der Waals surface area contributed by atoms with Crippen molar-refractivity contribution in [2.24, 2.45) is 0 Å². The Morgan fingerprint density at radius 2 is 0.600 bits per heavy atom. The van der Waals surface area contributed by atoms with Gasteiger partial charge in [-0.2, -0.15) is 0 Å². The zero-order valence-corrected chi connectivity index (χ0v) is 21.5. The van der Waals surface area contributed by atoms with E-state index in [1.54, 1.807) is 0 Å². The van der Waals surface area contributed by atoms with Crippen molar-refractivity contribution in [2.75, 3.05) is 0 Å². The molecule has 0 fully saturated rings. The lowest BCUT2D eigenvalue weighted by Gasteiger charge is -2.01. The molecule has 5 aromatic rings. The highest BCUT2D eigenvalue weighted by molar-refractivity contribution is 5.62. The second-order valence-corrected chi connectivity index (χ2v) is 9.04. The van der Waals surface area contributed by atoms with Crippen molar-refractivity contribution in [1.29, 1.82) is 0 Å². The summed E-state index contributed by atoms with van der Waals surface area (Å²) >= 11 is 0. The fourth-order valence-corrected chi connectivity index (χ4v) is 4.09. The second-order valence-electron chi connectivity index (χ2n) is 9.04. The van der Waals surface area contributed by atoms with Crippen molar-refractivity contribution in [2.45, 2.75) is 0 Å². The molecule has 0 heteroatoms. The Hall–Kier alpha value is -6.10. The molecule has 40 heavy (non-hydrogen) atoms. The van der Waals surface area contributed by atoms with Gasteiger partial charge < -0.3 is 0 Å². The summed E-state index contributed by atoms with van der Waals surface area (Å²) in [6, 6.07) is 39.9. The van der Waals surface area contributed by atoms with E-state index in [0.717, 1.165) is 55.6 Å². The first-order chi connectivity index (χ1) is 19.8. The molecule has 0 aromatic heterocycles. The van der Waals surface area contributed by atoms with Crippen molar-refractivity contribution in [3.05, 3.63) is 177 Å². The Balaban J connectivity index is 1.33. The third-order valence-electron chi connectivity index (χ3n) is 6.23. The zero-order chi connectivity index (χ0) is 27.0. The van der Waals surface area contributed by atoms with Crippen LogP contribution in [0, 0.1) is 59.2 Å². The Morgan fingerprint density at radius 3 is 1.07 bits per heavy atom. The summed E-state index contributed by atoms with van der Waals surface area (Å²) < 4.78 is 0. The standard InChI is InChI=1S/C40H20/c1-2-8-31(9-3-1)14-15-32-16-18-33(19-17-32)20-21-34-22-23-39-27-26-37-12-5-4-10-35(37)24-25-36-11-6-7-13-38(36)28-29-40(39)30-34/h1-13,16-19,22-23,30H. The Morgan fingerprint density at radius 1 is 0.275 bits per heavy atom. The molecular weight excluding hydrogens is 480 g/mol. The van der Waals surface area contributed by atoms with Crippen molar-refractivity contribution < 1.29 is 0 Å². The molecule has 0 radical (unpaired) electrons. The van der Waals surface area contributed by atoms with E-state index in [4.69, 9.17) is 0 Å². The van der Waals surface area contributed by atoms with Crippen LogP contribution in [0.2, 0.25) is 0 Å². The number of rotatable bonds is 0. The van der Waals surface area contributed by atoms with Crippen LogP contribution in [-0.2, 0) is 0 Å². The van der Waals surface area contributed by atoms with E-state index < -0.39 is 0 Å². The van der Waals surface area contributed by atoms with Crippen LogP contribution in [0.4, 0.5) is 0 Å². The molecule has 1 aliphatic carbocycles. The molecule has 5 aromatic carbocycles. The highest BCUT2D eigenvalue weighted by Gasteiger charge is 2.03. The van der Waals surface area contributed by atoms with Gasteiger partial charge in [-0.25, -0.2) is 0 Å². The molecule has 0 bridgehead atoms. The fraction of sp³-hybridized carbons (Fsp3) is 0. The predicted octanol–water partition coefficient (Wildman–Crippen LogP) is 7.00. The Kier molecular flexibility index (Phi) is 6.99. The van der Waals surface area contributed by atoms with Crippen molar-refractivity contribution >= 4 is 0 Å². The normalized spacial score (nSPS) is 10.1. The smallest absolute Gasteiger partial charge is 0.0418 e. The first-order valence-electron chi connectivity index (χ1n) is 12.9. The summed E-state index contributed by atoms with van der Waals surface area (Å²) in [4.78, 5) is 0. The SMILES string of the molecule is C(#Cc1ccc(C#Cc2ccc3c(c2)C#Cc2ccccc2C#Cc2ccccc2C#C3)cc1)c1ccccc1. The molecule has 0 saturated carbocycles. The minimum Gasteiger partial charge on any atom is -0.0622 e. The number of hydrogen-bond acceptors (Lipinski definition) is 0. The minimum absolute atomic E-state index is 0.839. The fourth-order valence-electron chi connectivity index (χ4n) is 4.09. The van der Waals surface area contributed by atoms with Crippen LogP contribution >= 0.6 is 0 Å². The lowest BCUT2D eigenvalue weighted by Crippen LogP contribution is -1.90. The van der Waals surface area contributed by atoms with E-state index in [0.29, 0.717) is 0 Å². The molecule has 6 rings (SSSR count). The second kappa shape index (κ2) is 11.5. The highest BCUT2D eigenvalue weighted by Crippen LogP contribution is 2.15. The van der Waals surface area contributed by atoms with Crippen LogP contribution in [0.25, 0.3) is 0 Å². The van der Waals surface area contributed by atoms with E-state index in [9.17, 15) is 0 Å². The molecule has 0 heterocycles. The van der Waals surface area contributed by atoms with Crippen LogP contribution in [0.15, 0.2) is 121 Å². The monoisotopic (exact) mass is 500 g/mol. The third-order valence-corrected chi connectivity index (χ3v) is 6.23. The van der Waals surface area contributed by atoms with Crippen LogP contribution in [0.1, 0.15) is 55.6 Å². The number of hydrogen-bond donors (Lipinski definition) is 0. The molecule has 1 aliphatic rings. The maximum Gasteiger partial charge on any atom is 0.0418 e. The first-order valence-corrected chi connectivity index (χ1v) is 12.9. The van der Waals surface area contributed by atoms with E-state index in [2.05, 4.69) is 59.2 Å². The van der Waals surface area contributed by atoms with Gasteiger partial charge in [-0.15, -0.1) is 0 Å². The molecule has 0 atom stereocenters. The topological polar surface area (TPSA) is 0 Å². The first kappa shape index (κ1) is 24.2. The molecular formula is C40H20. The largest absolute Gasteiger partial charge is 0.0622 e. The van der Waals surface area contributed by atoms with Crippen molar-refractivity contribution in [3.63, 3.8) is 0 Å². The average Bonchev–Trinajstić information content (AvgIpc) is 3.01. The van der Waals surface area contributed by atoms with Crippen LogP contribution in [0.3, 0.4) is 0 Å². The molecule has 0 saturated heterocycles. The lowest BCUT2D eigenvalue weighted by molar-refractivity contribution is 1.53. The van der Waals surface area contributed by atoms with Gasteiger partial charge >= 0.3 is 0 Å². The van der Waals surface area contributed by atoms with E-state index in [1.165, 1.54) is 0 Å². The summed E-state index contributed by atoms with van der Waals surface area (Å²) in [5, 5.41) is 0. The predicted molar refractivity (Wildman–Crippen MR) is 162 cm³/mol. The minimum atomic E-state index is 0.839. The van der Waals surface area contributed by atoms with Gasteiger partial charge in [0.1, 0.15) is 0 Å². The summed E-state index contributed by atoms with van der Waals surface area (Å²) in [6.45, 7) is 0. The number of fused-ring (bicyclic) bond motifs is 3. The van der Waals surface area contributed by atoms with Crippen molar-refractivity contribution in [1.82, 2.24) is 0 Å². The molecule has 0 spiro atoms. The summed E-state index contributed by atoms with van der Waals surface area (Å²) in [5.74, 6) is 32.7. The van der Waals surface area contributed by atoms with Gasteiger partial charge in [-0.1, -0.05) is 102 Å². The highest BCUT2D eigenvalue weighted by atomic mass is 14.0. The van der Waals surface area contributed by atoms with Gasteiger partial charge in [0.25, 0.3) is 0 Å². The Bertz CT molecular complexity index is 2040. The van der Waals surface area contributed by atoms with Crippen LogP contribution in [-0.4, -0.2) is 0 Å². The third kappa shape index (κ3) is 5.89. The maximum atomic E-state index is 3.33. The summed E-state index contributed by atoms with van der Waals surface area (Å²) in [5.41, 5.74) is 9.04. The molecule has 0 amide bonds. The molecule has 0 N–H and O–H groups in total. The van der Waals surface area contributed by atoms with Crippen LogP contribution in [0.5, 0.6) is 0 Å². The zero-order valence-electron chi connectivity index (χ0n) is 21.5. The summed E-state index contributed by atoms with van der Waals surface area (Å²) in [6.07, 6.45) is 0. The van der Waals surface area contributed by atoms with Gasteiger partial charge in [0, 0.05) is 55.6 Å².